The van der Waals surface area contributed by atoms with Gasteiger partial charge >= 0.3 is 0 Å². The molecule has 2 aromatic rings. The highest BCUT2D eigenvalue weighted by Crippen LogP contribution is 2.23. The van der Waals surface area contributed by atoms with Crippen molar-refractivity contribution in [1.82, 2.24) is 10.2 Å². The zero-order chi connectivity index (χ0) is 25.2. The molecule has 2 amide bonds. The van der Waals surface area contributed by atoms with Crippen molar-refractivity contribution in [3.63, 3.8) is 0 Å². The molecule has 0 unspecified atom stereocenters. The summed E-state index contributed by atoms with van der Waals surface area (Å²) in [6, 6.07) is 12.7. The highest BCUT2D eigenvalue weighted by molar-refractivity contribution is 6.30. The highest BCUT2D eigenvalue weighted by atomic mass is 35.5. The first-order valence-electron chi connectivity index (χ1n) is 11.0. The fraction of sp³-hybridized carbons (Fsp3) is 0.250. The Labute approximate surface area is 209 Å². The van der Waals surface area contributed by atoms with Gasteiger partial charge in [0.25, 0.3) is 0 Å². The van der Waals surface area contributed by atoms with E-state index >= 15 is 0 Å². The molecule has 4 N–H and O–H groups in total. The number of nitrogens with one attached hydrogen (secondary N) is 2. The van der Waals surface area contributed by atoms with Gasteiger partial charge in [-0.25, -0.2) is 5.84 Å². The molecular weight excluding hydrogens is 468 g/mol. The van der Waals surface area contributed by atoms with E-state index in [-0.39, 0.29) is 12.5 Å². The van der Waals surface area contributed by atoms with Crippen molar-refractivity contribution in [1.29, 1.82) is 0 Å². The molecule has 2 aromatic carbocycles. The Hall–Kier alpha value is -3.73. The molecule has 0 bridgehead atoms. The Bertz CT molecular complexity index is 1100. The van der Waals surface area contributed by atoms with Crippen molar-refractivity contribution in [3.05, 3.63) is 59.1 Å². The monoisotopic (exact) mass is 496 g/mol. The number of likely N-dealkylation sites (N-methyl/N-ethyl adjacent to an activating group) is 1. The van der Waals surface area contributed by atoms with Crippen LogP contribution in [0.15, 0.2) is 58.7 Å². The molecule has 1 aliphatic heterocycles. The number of carbonyl (C=O) groups is 2. The molecule has 3 rings (SSSR count). The summed E-state index contributed by atoms with van der Waals surface area (Å²) in [5, 5.41) is 14.0. The van der Waals surface area contributed by atoms with Crippen LogP contribution in [0.5, 0.6) is 0 Å². The van der Waals surface area contributed by atoms with Crippen LogP contribution in [-0.2, 0) is 9.59 Å². The number of nitrogens with two attached hydrogens (primary N) is 1. The average Bonchev–Trinajstić information content (AvgIpc) is 2.86. The van der Waals surface area contributed by atoms with Gasteiger partial charge in [0.15, 0.2) is 0 Å². The van der Waals surface area contributed by atoms with Crippen molar-refractivity contribution >= 4 is 59.6 Å². The van der Waals surface area contributed by atoms with Gasteiger partial charge in [0.05, 0.1) is 12.2 Å². The number of piperazine rings is 1. The molecule has 0 spiro atoms. The molecule has 1 heterocycles. The first-order chi connectivity index (χ1) is 16.9. The van der Waals surface area contributed by atoms with Gasteiger partial charge in [-0.15, -0.1) is 5.10 Å². The van der Waals surface area contributed by atoms with E-state index in [1.165, 1.54) is 17.4 Å². The van der Waals surface area contributed by atoms with Crippen molar-refractivity contribution in [2.75, 3.05) is 55.0 Å². The number of rotatable bonds is 9. The Morgan fingerprint density at radius 2 is 1.89 bits per heavy atom. The fourth-order valence-corrected chi connectivity index (χ4v) is 3.65. The van der Waals surface area contributed by atoms with Gasteiger partial charge < -0.3 is 20.4 Å². The average molecular weight is 497 g/mol. The number of nitrogens with zero attached hydrogens (tertiary/aromatic N) is 5. The highest BCUT2D eigenvalue weighted by Gasteiger charge is 2.14. The van der Waals surface area contributed by atoms with Gasteiger partial charge in [0.2, 0.25) is 11.8 Å². The van der Waals surface area contributed by atoms with E-state index in [4.69, 9.17) is 17.4 Å². The van der Waals surface area contributed by atoms with Crippen molar-refractivity contribution in [3.8, 4) is 0 Å². The maximum atomic E-state index is 12.3. The van der Waals surface area contributed by atoms with Crippen LogP contribution >= 0.6 is 11.6 Å². The third-order valence-electron chi connectivity index (χ3n) is 5.38. The summed E-state index contributed by atoms with van der Waals surface area (Å²) in [7, 11) is 2.12. The molecular formula is C24H29ClN8O2. The lowest BCUT2D eigenvalue weighted by atomic mass is 10.1. The number of hydrazine groups is 1. The zero-order valence-electron chi connectivity index (χ0n) is 19.5. The largest absolute Gasteiger partial charge is 0.369 e. The van der Waals surface area contributed by atoms with E-state index in [1.54, 1.807) is 24.3 Å². The second kappa shape index (κ2) is 12.7. The lowest BCUT2D eigenvalue weighted by molar-refractivity contribution is -0.121. The van der Waals surface area contributed by atoms with Crippen molar-refractivity contribution in [2.24, 2.45) is 16.0 Å². The van der Waals surface area contributed by atoms with Crippen molar-refractivity contribution < 1.29 is 9.59 Å². The molecule has 0 aliphatic carbocycles. The number of benzene rings is 2. The van der Waals surface area contributed by atoms with Gasteiger partial charge in [-0.3, -0.25) is 14.6 Å². The Kier molecular flexibility index (Phi) is 9.36. The van der Waals surface area contributed by atoms with Crippen LogP contribution in [0.1, 0.15) is 5.56 Å². The third kappa shape index (κ3) is 7.92. The number of hydrogen-bond acceptors (Lipinski definition) is 7. The number of hydrogen-bond donors (Lipinski definition) is 3. The zero-order valence-corrected chi connectivity index (χ0v) is 20.3. The first kappa shape index (κ1) is 25.9. The number of amides is 2. The summed E-state index contributed by atoms with van der Waals surface area (Å²) in [5.74, 6) is 5.16. The molecule has 1 saturated heterocycles. The summed E-state index contributed by atoms with van der Waals surface area (Å²) in [4.78, 5) is 29.1. The normalized spacial score (nSPS) is 14.3. The smallest absolute Gasteiger partial charge is 0.244 e. The summed E-state index contributed by atoms with van der Waals surface area (Å²) in [5.41, 5.74) is 2.91. The molecule has 10 nitrogen and oxygen atoms in total. The molecule has 1 aliphatic rings. The van der Waals surface area contributed by atoms with Crippen LogP contribution in [0, 0.1) is 0 Å². The van der Waals surface area contributed by atoms with Crippen LogP contribution < -0.4 is 26.4 Å². The van der Waals surface area contributed by atoms with Crippen molar-refractivity contribution in [2.45, 2.75) is 0 Å². The lowest BCUT2D eigenvalue weighted by Crippen LogP contribution is -2.44. The Morgan fingerprint density at radius 3 is 2.57 bits per heavy atom. The molecule has 0 aromatic heterocycles. The second-order valence-electron chi connectivity index (χ2n) is 7.92. The lowest BCUT2D eigenvalue weighted by Gasteiger charge is -2.34. The van der Waals surface area contributed by atoms with Gasteiger partial charge in [-0.1, -0.05) is 11.6 Å². The minimum absolute atomic E-state index is 0.174. The van der Waals surface area contributed by atoms with E-state index in [2.05, 4.69) is 44.4 Å². The van der Waals surface area contributed by atoms with E-state index in [0.29, 0.717) is 22.0 Å². The minimum atomic E-state index is -0.443. The third-order valence-corrected chi connectivity index (χ3v) is 5.62. The van der Waals surface area contributed by atoms with Crippen LogP contribution in [0.4, 0.5) is 17.1 Å². The summed E-state index contributed by atoms with van der Waals surface area (Å²) < 4.78 is 0. The number of anilines is 3. The van der Waals surface area contributed by atoms with Gasteiger partial charge in [0, 0.05) is 60.9 Å². The van der Waals surface area contributed by atoms with E-state index in [0.717, 1.165) is 31.9 Å². The van der Waals surface area contributed by atoms with Gasteiger partial charge in [-0.2, -0.15) is 5.10 Å². The Balaban J connectivity index is 1.51. The quantitative estimate of drug-likeness (QED) is 0.161. The fourth-order valence-electron chi connectivity index (χ4n) is 3.47. The first-order valence-corrected chi connectivity index (χ1v) is 11.4. The van der Waals surface area contributed by atoms with E-state index in [9.17, 15) is 9.59 Å². The summed E-state index contributed by atoms with van der Waals surface area (Å²) in [6.45, 7) is 7.08. The number of halogens is 1. The van der Waals surface area contributed by atoms with E-state index < -0.39 is 5.91 Å². The number of carbonyl (C=O) groups excluding carboxylic acids is 2. The molecule has 0 radical (unpaired) electrons. The second-order valence-corrected chi connectivity index (χ2v) is 8.36. The molecule has 0 saturated carbocycles. The molecule has 35 heavy (non-hydrogen) atoms. The molecule has 1 fully saturated rings. The van der Waals surface area contributed by atoms with Crippen LogP contribution in [0.25, 0.3) is 6.08 Å². The van der Waals surface area contributed by atoms with Crippen LogP contribution in [0.2, 0.25) is 5.02 Å². The Morgan fingerprint density at radius 1 is 1.17 bits per heavy atom. The maximum Gasteiger partial charge on any atom is 0.244 e. The summed E-state index contributed by atoms with van der Waals surface area (Å²) in [6.07, 6.45) is 4.11. The topological polar surface area (TPSA) is 119 Å². The van der Waals surface area contributed by atoms with E-state index in [1.807, 2.05) is 24.3 Å². The van der Waals surface area contributed by atoms with Crippen LogP contribution in [0.3, 0.4) is 0 Å². The molecule has 184 valence electrons. The maximum absolute atomic E-state index is 12.3. The SMILES string of the molecule is C=N/N=C\N(N)c1ccc(Cl)cc1/C=C/C(=O)NCC(=O)Nc1ccc(N2CCN(C)CC2)cc1. The standard InChI is InChI=1S/C24H29ClN8O2/c1-27-29-17-33(26)22-9-4-19(25)15-18(22)3-10-23(34)28-16-24(35)30-20-5-7-21(8-6-20)32-13-11-31(2)12-14-32/h3-10,15,17H,1,11-14,16,26H2,2H3,(H,28,34)(H,30,35)/b10-3+,29-17-. The van der Waals surface area contributed by atoms with Gasteiger partial charge in [0.1, 0.15) is 6.34 Å². The predicted molar refractivity (Wildman–Crippen MR) is 143 cm³/mol. The van der Waals surface area contributed by atoms with Crippen LogP contribution in [-0.4, -0.2) is 69.5 Å². The minimum Gasteiger partial charge on any atom is -0.369 e. The van der Waals surface area contributed by atoms with Gasteiger partial charge in [-0.05, 0) is 55.6 Å². The summed E-state index contributed by atoms with van der Waals surface area (Å²) >= 11 is 6.07. The predicted octanol–water partition coefficient (Wildman–Crippen LogP) is 2.18. The molecule has 11 heteroatoms. The molecule has 0 atom stereocenters.